The molecule has 15 heteroatoms. The molecule has 5 rings (SSSR count). The number of aromatic nitrogens is 1. The molecule has 2 unspecified atom stereocenters. The number of nitrogens with zero attached hydrogens (tertiary/aromatic N) is 2. The summed E-state index contributed by atoms with van der Waals surface area (Å²) in [6.45, 7) is 15.9. The van der Waals surface area contributed by atoms with Crippen LogP contribution in [0.15, 0.2) is 97.2 Å². The van der Waals surface area contributed by atoms with Gasteiger partial charge in [0.15, 0.2) is 0 Å². The highest BCUT2D eigenvalue weighted by atomic mass is 16.6. The topological polar surface area (TPSA) is 170 Å². The van der Waals surface area contributed by atoms with E-state index in [-0.39, 0.29) is 45.0 Å². The number of benzene rings is 3. The maximum absolute atomic E-state index is 14.2. The highest BCUT2D eigenvalue weighted by Crippen LogP contribution is 2.28. The van der Waals surface area contributed by atoms with Crippen molar-refractivity contribution in [3.05, 3.63) is 119 Å². The van der Waals surface area contributed by atoms with E-state index < -0.39 is 59.1 Å². The molecule has 15 nitrogen and oxygen atoms in total. The molecule has 3 aromatic carbocycles. The summed E-state index contributed by atoms with van der Waals surface area (Å²) in [7, 11) is 0. The Morgan fingerprint density at radius 3 is 2.18 bits per heavy atom. The first-order chi connectivity index (χ1) is 31.7. The zero-order chi connectivity index (χ0) is 48.8. The number of nitrogens with one attached hydrogen (secondary N) is 1. The van der Waals surface area contributed by atoms with Gasteiger partial charge in [0.2, 0.25) is 5.91 Å². The fourth-order valence-corrected chi connectivity index (χ4v) is 6.92. The summed E-state index contributed by atoms with van der Waals surface area (Å²) in [6.07, 6.45) is 6.12. The second-order valence-corrected chi connectivity index (χ2v) is 19.0. The zero-order valence-corrected chi connectivity index (χ0v) is 40.1. The van der Waals surface area contributed by atoms with E-state index in [1.54, 1.807) is 117 Å². The van der Waals surface area contributed by atoms with Gasteiger partial charge in [-0.3, -0.25) is 9.36 Å². The second-order valence-electron chi connectivity index (χ2n) is 19.0. The number of imide groups is 1. The SMILES string of the molecule is CC(C)(C)OC(=O)N(C/C=C/COC1CCCOC/C=C/c2cccc(OCc3ccccc3)c2C(=O)OCC1NC(=O)Cc1cn(C(=O)OC(C)(C)C)c2ccccc12)C(=O)OC(C)(C)C. The van der Waals surface area contributed by atoms with Crippen LogP contribution in [0.1, 0.15) is 102 Å². The van der Waals surface area contributed by atoms with Crippen LogP contribution in [-0.2, 0) is 46.2 Å². The van der Waals surface area contributed by atoms with Crippen molar-refractivity contribution in [2.75, 3.05) is 33.0 Å². The van der Waals surface area contributed by atoms with Gasteiger partial charge in [0.1, 0.15) is 41.3 Å². The van der Waals surface area contributed by atoms with E-state index in [1.165, 1.54) is 4.57 Å². The Bertz CT molecular complexity index is 2360. The molecule has 0 saturated carbocycles. The molecule has 2 heterocycles. The van der Waals surface area contributed by atoms with Gasteiger partial charge in [0.05, 0.1) is 43.8 Å². The predicted molar refractivity (Wildman–Crippen MR) is 254 cm³/mol. The summed E-state index contributed by atoms with van der Waals surface area (Å²) < 4.78 is 42.7. The van der Waals surface area contributed by atoms with Crippen LogP contribution in [0, 0.1) is 0 Å². The molecule has 0 saturated heterocycles. The van der Waals surface area contributed by atoms with Gasteiger partial charge in [0.25, 0.3) is 0 Å². The van der Waals surface area contributed by atoms with E-state index in [4.69, 9.17) is 33.2 Å². The Hall–Kier alpha value is -6.45. The Morgan fingerprint density at radius 2 is 1.49 bits per heavy atom. The van der Waals surface area contributed by atoms with Crippen molar-refractivity contribution in [1.82, 2.24) is 14.8 Å². The molecule has 0 bridgehead atoms. The van der Waals surface area contributed by atoms with Crippen LogP contribution in [0.2, 0.25) is 0 Å². The predicted octanol–water partition coefficient (Wildman–Crippen LogP) is 9.82. The Labute approximate surface area is 393 Å². The van der Waals surface area contributed by atoms with E-state index in [0.29, 0.717) is 47.2 Å². The highest BCUT2D eigenvalue weighted by Gasteiger charge is 2.32. The fourth-order valence-electron chi connectivity index (χ4n) is 6.92. The lowest BCUT2D eigenvalue weighted by molar-refractivity contribution is -0.123. The van der Waals surface area contributed by atoms with Gasteiger partial charge in [-0.05, 0) is 104 Å². The lowest BCUT2D eigenvalue weighted by Crippen LogP contribution is -2.48. The van der Waals surface area contributed by atoms with E-state index in [0.717, 1.165) is 10.5 Å². The van der Waals surface area contributed by atoms with Crippen molar-refractivity contribution in [2.24, 2.45) is 0 Å². The quantitative estimate of drug-likeness (QED) is 0.0860. The smallest absolute Gasteiger partial charge is 0.420 e. The number of hydrogen-bond acceptors (Lipinski definition) is 12. The first-order valence-corrected chi connectivity index (χ1v) is 22.5. The average molecular weight is 924 g/mol. The second kappa shape index (κ2) is 23.3. The molecule has 1 N–H and O–H groups in total. The summed E-state index contributed by atoms with van der Waals surface area (Å²) in [6, 6.07) is 21.2. The van der Waals surface area contributed by atoms with Crippen LogP contribution in [0.5, 0.6) is 5.75 Å². The molecular formula is C52H65N3O12. The van der Waals surface area contributed by atoms with E-state index >= 15 is 0 Å². The van der Waals surface area contributed by atoms with E-state index in [9.17, 15) is 24.0 Å². The third kappa shape index (κ3) is 16.4. The lowest BCUT2D eigenvalue weighted by atomic mass is 10.0. The van der Waals surface area contributed by atoms with Crippen LogP contribution in [-0.4, -0.2) is 102 Å². The average Bonchev–Trinajstić information content (AvgIpc) is 3.60. The summed E-state index contributed by atoms with van der Waals surface area (Å²) >= 11 is 0. The Morgan fingerprint density at radius 1 is 0.821 bits per heavy atom. The number of ether oxygens (including phenoxy) is 7. The third-order valence-corrected chi connectivity index (χ3v) is 9.80. The number of para-hydroxylation sites is 1. The Kier molecular flexibility index (Phi) is 17.9. The van der Waals surface area contributed by atoms with Gasteiger partial charge in [-0.25, -0.2) is 24.1 Å². The summed E-state index contributed by atoms with van der Waals surface area (Å²) in [5.41, 5.74) is 0.335. The molecule has 3 amide bonds. The number of amides is 3. The zero-order valence-electron chi connectivity index (χ0n) is 40.1. The van der Waals surface area contributed by atoms with E-state index in [1.807, 2.05) is 48.5 Å². The minimum atomic E-state index is -0.886. The van der Waals surface area contributed by atoms with Gasteiger partial charge in [-0.2, -0.15) is 0 Å². The maximum Gasteiger partial charge on any atom is 0.420 e. The molecule has 360 valence electrons. The molecule has 0 spiro atoms. The van der Waals surface area contributed by atoms with Gasteiger partial charge >= 0.3 is 24.2 Å². The maximum atomic E-state index is 14.2. The largest absolute Gasteiger partial charge is 0.488 e. The third-order valence-electron chi connectivity index (χ3n) is 9.80. The molecule has 0 fully saturated rings. The van der Waals surface area contributed by atoms with E-state index in [2.05, 4.69) is 5.32 Å². The molecule has 1 aromatic heterocycles. The minimum absolute atomic E-state index is 0.0191. The molecule has 2 atom stereocenters. The summed E-state index contributed by atoms with van der Waals surface area (Å²) in [5.74, 6) is -0.782. The van der Waals surface area contributed by atoms with Gasteiger partial charge < -0.3 is 38.5 Å². The molecular weight excluding hydrogens is 859 g/mol. The van der Waals surface area contributed by atoms with Crippen LogP contribution >= 0.6 is 0 Å². The van der Waals surface area contributed by atoms with Crippen LogP contribution in [0.3, 0.4) is 0 Å². The van der Waals surface area contributed by atoms with Crippen LogP contribution in [0.25, 0.3) is 17.0 Å². The highest BCUT2D eigenvalue weighted by molar-refractivity contribution is 5.97. The number of esters is 1. The molecule has 1 aliphatic rings. The molecule has 4 aromatic rings. The van der Waals surface area contributed by atoms with Gasteiger partial charge in [-0.1, -0.05) is 85.0 Å². The van der Waals surface area contributed by atoms with Crippen molar-refractivity contribution >= 4 is 47.1 Å². The van der Waals surface area contributed by atoms with Crippen LogP contribution < -0.4 is 10.1 Å². The molecule has 0 radical (unpaired) electrons. The monoisotopic (exact) mass is 923 g/mol. The van der Waals surface area contributed by atoms with Crippen molar-refractivity contribution in [3.63, 3.8) is 0 Å². The number of carbonyl (C=O) groups excluding carboxylic acids is 5. The number of carbonyl (C=O) groups is 5. The lowest BCUT2D eigenvalue weighted by Gasteiger charge is -2.28. The summed E-state index contributed by atoms with van der Waals surface area (Å²) in [4.78, 5) is 68.8. The number of hydrogen-bond donors (Lipinski definition) is 1. The number of rotatable bonds is 11. The van der Waals surface area contributed by atoms with Crippen LogP contribution in [0.4, 0.5) is 14.4 Å². The summed E-state index contributed by atoms with van der Waals surface area (Å²) in [5, 5.41) is 3.76. The number of fused-ring (bicyclic) bond motifs is 2. The molecule has 1 aliphatic heterocycles. The Balaban J connectivity index is 1.43. The van der Waals surface area contributed by atoms with Crippen molar-refractivity contribution in [1.29, 1.82) is 0 Å². The standard InChI is InChI=1S/C52H65N3O12/c1-50(2,3)65-47(58)54(48(59)66-51(4,5)6)28-15-16-31-62-42-27-19-30-61-29-18-23-37-22-17-26-43(63-34-36-20-11-10-12-21-36)45(37)46(57)64-35-40(42)53-44(56)32-38-33-55(49(60)67-52(7,8)9)41-25-14-13-24-39(38)41/h10-18,20-26,33,40,42H,19,27-32,34-35H2,1-9H3,(H,53,56)/b16-15+,23-18+. The van der Waals surface area contributed by atoms with Crippen molar-refractivity contribution < 1.29 is 57.1 Å². The number of cyclic esters (lactones) is 1. The van der Waals surface area contributed by atoms with Crippen molar-refractivity contribution in [2.45, 2.75) is 117 Å². The first kappa shape index (κ1) is 51.5. The normalized spacial score (nSPS) is 16.8. The van der Waals surface area contributed by atoms with Gasteiger partial charge in [-0.15, -0.1) is 0 Å². The first-order valence-electron chi connectivity index (χ1n) is 22.5. The van der Waals surface area contributed by atoms with Gasteiger partial charge in [0, 0.05) is 18.2 Å². The fraction of sp³-hybridized carbons (Fsp3) is 0.442. The molecule has 67 heavy (non-hydrogen) atoms. The van der Waals surface area contributed by atoms with Crippen molar-refractivity contribution in [3.8, 4) is 5.75 Å². The minimum Gasteiger partial charge on any atom is -0.488 e. The molecule has 0 aliphatic carbocycles.